The lowest BCUT2D eigenvalue weighted by Gasteiger charge is -2.38. The van der Waals surface area contributed by atoms with E-state index in [1.807, 2.05) is 49.4 Å². The number of methoxy groups -OCH3 is 1. The summed E-state index contributed by atoms with van der Waals surface area (Å²) in [5, 5.41) is 7.66. The minimum atomic E-state index is -2.81. The summed E-state index contributed by atoms with van der Waals surface area (Å²) >= 11 is 0. The normalized spacial score (nSPS) is 14.6. The Balaban J connectivity index is 1.38. The first-order chi connectivity index (χ1) is 18.3. The summed E-state index contributed by atoms with van der Waals surface area (Å²) in [6.45, 7) is 4.22. The fraction of sp³-hybridized carbons (Fsp3) is 0.185. The SMILES string of the molecule is C=NN/C=C(\C)c1ccc(Nc2nc(-c3ccc4cc(C(=O)N5CC(F)(F)C5)[nH]c4c3)ncc2OC)cc1. The molecule has 9 nitrogen and oxygen atoms in total. The number of hydrogen-bond acceptors (Lipinski definition) is 7. The number of allylic oxidation sites excluding steroid dienone is 1. The molecule has 194 valence electrons. The highest BCUT2D eigenvalue weighted by Gasteiger charge is 2.46. The average molecular weight is 518 g/mol. The second-order valence-corrected chi connectivity index (χ2v) is 8.93. The van der Waals surface area contributed by atoms with E-state index < -0.39 is 24.9 Å². The zero-order valence-corrected chi connectivity index (χ0v) is 20.8. The fourth-order valence-electron chi connectivity index (χ4n) is 4.14. The number of amides is 1. The van der Waals surface area contributed by atoms with E-state index in [9.17, 15) is 13.6 Å². The van der Waals surface area contributed by atoms with Crippen LogP contribution in [0.15, 0.2) is 66.0 Å². The van der Waals surface area contributed by atoms with Gasteiger partial charge >= 0.3 is 0 Å². The number of likely N-dealkylation sites (tertiary alicyclic amines) is 1. The second-order valence-electron chi connectivity index (χ2n) is 8.93. The molecule has 3 N–H and O–H groups in total. The predicted octanol–water partition coefficient (Wildman–Crippen LogP) is 5.03. The number of hydrazone groups is 1. The third-order valence-electron chi connectivity index (χ3n) is 6.19. The van der Waals surface area contributed by atoms with Gasteiger partial charge in [0, 0.05) is 35.1 Å². The van der Waals surface area contributed by atoms with Crippen molar-refractivity contribution in [1.29, 1.82) is 0 Å². The number of alkyl halides is 2. The van der Waals surface area contributed by atoms with Crippen LogP contribution in [-0.4, -0.2) is 58.6 Å². The molecule has 5 rings (SSSR count). The van der Waals surface area contributed by atoms with Crippen LogP contribution < -0.4 is 15.5 Å². The first-order valence-corrected chi connectivity index (χ1v) is 11.7. The smallest absolute Gasteiger partial charge is 0.282 e. The molecular weight excluding hydrogens is 492 g/mol. The number of aromatic amines is 1. The van der Waals surface area contributed by atoms with Crippen molar-refractivity contribution in [2.45, 2.75) is 12.8 Å². The number of fused-ring (bicyclic) bond motifs is 1. The molecular formula is C27H25F2N7O2. The van der Waals surface area contributed by atoms with Gasteiger partial charge < -0.3 is 19.9 Å². The number of nitrogens with one attached hydrogen (secondary N) is 3. The van der Waals surface area contributed by atoms with Crippen LogP contribution in [0.3, 0.4) is 0 Å². The van der Waals surface area contributed by atoms with Crippen LogP contribution in [0.4, 0.5) is 20.3 Å². The molecule has 3 heterocycles. The van der Waals surface area contributed by atoms with Crippen LogP contribution in [0.2, 0.25) is 0 Å². The highest BCUT2D eigenvalue weighted by molar-refractivity contribution is 5.99. The number of carbonyl (C=O) groups excluding carboxylic acids is 1. The summed E-state index contributed by atoms with van der Waals surface area (Å²) in [7, 11) is 1.54. The number of halogens is 2. The largest absolute Gasteiger partial charge is 0.491 e. The molecule has 4 aromatic rings. The lowest BCUT2D eigenvalue weighted by Crippen LogP contribution is -2.58. The number of rotatable bonds is 8. The van der Waals surface area contributed by atoms with E-state index >= 15 is 0 Å². The van der Waals surface area contributed by atoms with Crippen LogP contribution in [0.25, 0.3) is 27.9 Å². The summed E-state index contributed by atoms with van der Waals surface area (Å²) in [6.07, 6.45) is 3.34. The van der Waals surface area contributed by atoms with Crippen LogP contribution in [0.5, 0.6) is 5.75 Å². The highest BCUT2D eigenvalue weighted by Crippen LogP contribution is 2.31. The number of carbonyl (C=O) groups is 1. The lowest BCUT2D eigenvalue weighted by atomic mass is 10.1. The van der Waals surface area contributed by atoms with E-state index in [0.717, 1.165) is 27.1 Å². The molecule has 0 spiro atoms. The Morgan fingerprint density at radius 1 is 1.21 bits per heavy atom. The number of benzene rings is 2. The zero-order valence-electron chi connectivity index (χ0n) is 20.8. The molecule has 0 unspecified atom stereocenters. The maximum atomic E-state index is 13.2. The van der Waals surface area contributed by atoms with Gasteiger partial charge in [0.1, 0.15) is 5.69 Å². The van der Waals surface area contributed by atoms with Crippen molar-refractivity contribution in [3.63, 3.8) is 0 Å². The number of aromatic nitrogens is 3. The Hall–Kier alpha value is -4.80. The molecule has 2 aromatic carbocycles. The second kappa shape index (κ2) is 9.92. The molecule has 0 aliphatic carbocycles. The van der Waals surface area contributed by atoms with Crippen LogP contribution >= 0.6 is 0 Å². The predicted molar refractivity (Wildman–Crippen MR) is 143 cm³/mol. The maximum Gasteiger partial charge on any atom is 0.282 e. The van der Waals surface area contributed by atoms with Crippen molar-refractivity contribution < 1.29 is 18.3 Å². The molecule has 1 amide bonds. The molecule has 11 heteroatoms. The molecule has 2 aromatic heterocycles. The van der Waals surface area contributed by atoms with E-state index in [-0.39, 0.29) is 5.69 Å². The number of H-pyrrole nitrogens is 1. The zero-order chi connectivity index (χ0) is 26.9. The first-order valence-electron chi connectivity index (χ1n) is 11.7. The van der Waals surface area contributed by atoms with Crippen molar-refractivity contribution in [2.75, 3.05) is 25.5 Å². The summed E-state index contributed by atoms with van der Waals surface area (Å²) in [5.74, 6) is -1.87. The van der Waals surface area contributed by atoms with Crippen molar-refractivity contribution in [1.82, 2.24) is 25.3 Å². The number of hydrogen-bond donors (Lipinski definition) is 3. The van der Waals surface area contributed by atoms with E-state index in [2.05, 4.69) is 37.5 Å². The highest BCUT2D eigenvalue weighted by atomic mass is 19.3. The van der Waals surface area contributed by atoms with E-state index in [0.29, 0.717) is 28.5 Å². The summed E-state index contributed by atoms with van der Waals surface area (Å²) in [5.41, 5.74) is 7.18. The molecule has 0 bridgehead atoms. The molecule has 1 aliphatic rings. The molecule has 1 aliphatic heterocycles. The number of nitrogens with zero attached hydrogens (tertiary/aromatic N) is 4. The molecule has 0 radical (unpaired) electrons. The van der Waals surface area contributed by atoms with Gasteiger partial charge in [-0.25, -0.2) is 18.7 Å². The van der Waals surface area contributed by atoms with Crippen molar-refractivity contribution in [2.24, 2.45) is 5.10 Å². The molecule has 0 atom stereocenters. The lowest BCUT2D eigenvalue weighted by molar-refractivity contribution is -0.113. The van der Waals surface area contributed by atoms with Gasteiger partial charge in [0.15, 0.2) is 17.4 Å². The topological polar surface area (TPSA) is 108 Å². The van der Waals surface area contributed by atoms with Gasteiger partial charge in [0.05, 0.1) is 26.4 Å². The quantitative estimate of drug-likeness (QED) is 0.223. The van der Waals surface area contributed by atoms with E-state index in [4.69, 9.17) is 4.74 Å². The molecule has 0 saturated carbocycles. The Morgan fingerprint density at radius 3 is 2.66 bits per heavy atom. The first kappa shape index (κ1) is 24.9. The Labute approximate surface area is 217 Å². The van der Waals surface area contributed by atoms with Crippen molar-refractivity contribution in [3.8, 4) is 17.1 Å². The van der Waals surface area contributed by atoms with Crippen LogP contribution in [0, 0.1) is 0 Å². The standard InChI is InChI=1S/C27H25F2N7O2/c1-16(12-32-30-2)17-6-8-20(9-7-17)33-25-23(38-3)13-31-24(35-25)19-5-4-18-10-22(34-21(18)11-19)26(37)36-14-27(28,29)15-36/h4-13,32,34H,2,14-15H2,1,3H3,(H,31,33,35)/b16-12+. The Bertz CT molecular complexity index is 1540. The van der Waals surface area contributed by atoms with Gasteiger partial charge in [0.2, 0.25) is 0 Å². The van der Waals surface area contributed by atoms with Crippen molar-refractivity contribution >= 4 is 40.6 Å². The van der Waals surface area contributed by atoms with Gasteiger partial charge in [-0.2, -0.15) is 5.10 Å². The van der Waals surface area contributed by atoms with Crippen LogP contribution in [-0.2, 0) is 0 Å². The van der Waals surface area contributed by atoms with Crippen molar-refractivity contribution in [3.05, 3.63) is 72.2 Å². The summed E-state index contributed by atoms with van der Waals surface area (Å²) in [4.78, 5) is 25.8. The molecule has 38 heavy (non-hydrogen) atoms. The number of ether oxygens (including phenoxy) is 1. The third kappa shape index (κ3) is 5.03. The molecule has 1 saturated heterocycles. The maximum absolute atomic E-state index is 13.2. The Morgan fingerprint density at radius 2 is 1.97 bits per heavy atom. The average Bonchev–Trinajstić information content (AvgIpc) is 3.34. The minimum Gasteiger partial charge on any atom is -0.491 e. The number of anilines is 2. The monoisotopic (exact) mass is 517 g/mol. The van der Waals surface area contributed by atoms with Gasteiger partial charge in [0.25, 0.3) is 11.8 Å². The van der Waals surface area contributed by atoms with E-state index in [1.165, 1.54) is 0 Å². The minimum absolute atomic E-state index is 0.260. The van der Waals surface area contributed by atoms with Gasteiger partial charge in [-0.3, -0.25) is 10.2 Å². The fourth-order valence-corrected chi connectivity index (χ4v) is 4.14. The van der Waals surface area contributed by atoms with Gasteiger partial charge in [-0.15, -0.1) is 0 Å². The van der Waals surface area contributed by atoms with Gasteiger partial charge in [-0.1, -0.05) is 24.3 Å². The summed E-state index contributed by atoms with van der Waals surface area (Å²) < 4.78 is 31.8. The van der Waals surface area contributed by atoms with Crippen LogP contribution in [0.1, 0.15) is 23.0 Å². The molecule has 1 fully saturated rings. The summed E-state index contributed by atoms with van der Waals surface area (Å²) in [6, 6.07) is 14.9. The van der Waals surface area contributed by atoms with E-state index in [1.54, 1.807) is 25.6 Å². The third-order valence-corrected chi connectivity index (χ3v) is 6.19. The Kier molecular flexibility index (Phi) is 6.50. The van der Waals surface area contributed by atoms with Gasteiger partial charge in [-0.05, 0) is 42.3 Å².